The van der Waals surface area contributed by atoms with Gasteiger partial charge in [0.05, 0.1) is 11.5 Å². The number of phenols is 1. The molecule has 0 spiro atoms. The Balaban J connectivity index is 1.84. The van der Waals surface area contributed by atoms with Gasteiger partial charge < -0.3 is 19.3 Å². The molecule has 2 aromatic rings. The molecular weight excluding hydrogens is 318 g/mol. The van der Waals surface area contributed by atoms with Crippen LogP contribution < -0.4 is 4.74 Å². The molecule has 0 amide bonds. The highest BCUT2D eigenvalue weighted by molar-refractivity contribution is 5.92. The smallest absolute Gasteiger partial charge is 0.342 e. The van der Waals surface area contributed by atoms with Crippen molar-refractivity contribution in [1.29, 1.82) is 0 Å². The maximum absolute atomic E-state index is 12.0. The molecule has 8 heteroatoms. The number of benzene rings is 2. The number of para-hydroxylation sites is 1. The van der Waals surface area contributed by atoms with Crippen LogP contribution in [0.4, 0.5) is 5.69 Å². The third-order valence-corrected chi connectivity index (χ3v) is 3.47. The zero-order valence-electron chi connectivity index (χ0n) is 12.4. The number of hydrogen-bond donors (Lipinski definition) is 1. The van der Waals surface area contributed by atoms with Crippen LogP contribution in [-0.4, -0.2) is 22.8 Å². The summed E-state index contributed by atoms with van der Waals surface area (Å²) in [4.78, 5) is 22.5. The second-order valence-electron chi connectivity index (χ2n) is 5.05. The van der Waals surface area contributed by atoms with Crippen molar-refractivity contribution in [2.24, 2.45) is 0 Å². The van der Waals surface area contributed by atoms with Crippen LogP contribution in [-0.2, 0) is 22.7 Å². The fourth-order valence-electron chi connectivity index (χ4n) is 2.36. The highest BCUT2D eigenvalue weighted by atomic mass is 16.7. The van der Waals surface area contributed by atoms with Crippen LogP contribution in [0.1, 0.15) is 21.5 Å². The van der Waals surface area contributed by atoms with E-state index in [2.05, 4.69) is 0 Å². The molecule has 0 fully saturated rings. The van der Waals surface area contributed by atoms with Crippen molar-refractivity contribution in [2.45, 2.75) is 13.2 Å². The first-order valence-electron chi connectivity index (χ1n) is 7.02. The summed E-state index contributed by atoms with van der Waals surface area (Å²) < 4.78 is 15.6. The van der Waals surface area contributed by atoms with E-state index in [0.717, 1.165) is 0 Å². The van der Waals surface area contributed by atoms with Crippen LogP contribution >= 0.6 is 0 Å². The van der Waals surface area contributed by atoms with Gasteiger partial charge in [-0.05, 0) is 12.1 Å². The largest absolute Gasteiger partial charge is 0.507 e. The number of phenolic OH excluding ortho intramolecular Hbond substituents is 1. The minimum absolute atomic E-state index is 0.0149. The highest BCUT2D eigenvalue weighted by Gasteiger charge is 2.22. The molecule has 0 aromatic heterocycles. The van der Waals surface area contributed by atoms with Gasteiger partial charge in [-0.25, -0.2) is 4.79 Å². The van der Waals surface area contributed by atoms with Crippen LogP contribution in [0.15, 0.2) is 36.4 Å². The Morgan fingerprint density at radius 1 is 1.33 bits per heavy atom. The average molecular weight is 331 g/mol. The van der Waals surface area contributed by atoms with Gasteiger partial charge in [-0.3, -0.25) is 10.1 Å². The van der Waals surface area contributed by atoms with E-state index >= 15 is 0 Å². The Bertz CT molecular complexity index is 803. The Hall–Kier alpha value is -3.13. The number of fused-ring (bicyclic) bond motifs is 1. The Kier molecular flexibility index (Phi) is 4.30. The number of ether oxygens (including phenoxy) is 3. The van der Waals surface area contributed by atoms with Gasteiger partial charge in [-0.1, -0.05) is 12.1 Å². The Labute approximate surface area is 136 Å². The van der Waals surface area contributed by atoms with E-state index in [0.29, 0.717) is 16.9 Å². The monoisotopic (exact) mass is 331 g/mol. The SMILES string of the molecule is O=C(OCc1cc([N+](=O)[O-])cc2c1OCOC2)c1ccccc1O. The van der Waals surface area contributed by atoms with Gasteiger partial charge in [0.25, 0.3) is 5.69 Å². The number of nitro groups is 1. The molecular formula is C16H13NO7. The number of esters is 1. The first-order chi connectivity index (χ1) is 11.6. The molecule has 3 rings (SSSR count). The molecule has 0 saturated heterocycles. The summed E-state index contributed by atoms with van der Waals surface area (Å²) in [5, 5.41) is 20.7. The number of rotatable bonds is 4. The molecule has 8 nitrogen and oxygen atoms in total. The second-order valence-corrected chi connectivity index (χ2v) is 5.05. The van der Waals surface area contributed by atoms with Crippen molar-refractivity contribution in [3.05, 3.63) is 63.2 Å². The first kappa shape index (κ1) is 15.8. The van der Waals surface area contributed by atoms with Gasteiger partial charge in [0, 0.05) is 23.3 Å². The fraction of sp³-hybridized carbons (Fsp3) is 0.188. The molecule has 0 unspecified atom stereocenters. The molecule has 1 N–H and O–H groups in total. The Morgan fingerprint density at radius 2 is 2.12 bits per heavy atom. The van der Waals surface area contributed by atoms with Crippen LogP contribution in [0.25, 0.3) is 0 Å². The molecule has 0 aliphatic carbocycles. The molecule has 0 radical (unpaired) electrons. The van der Waals surface area contributed by atoms with Crippen molar-refractivity contribution >= 4 is 11.7 Å². The minimum Gasteiger partial charge on any atom is -0.507 e. The van der Waals surface area contributed by atoms with Crippen molar-refractivity contribution in [3.63, 3.8) is 0 Å². The topological polar surface area (TPSA) is 108 Å². The molecule has 1 aliphatic heterocycles. The van der Waals surface area contributed by atoms with Gasteiger partial charge >= 0.3 is 5.97 Å². The quantitative estimate of drug-likeness (QED) is 0.521. The van der Waals surface area contributed by atoms with Crippen LogP contribution in [0, 0.1) is 10.1 Å². The summed E-state index contributed by atoms with van der Waals surface area (Å²) in [6.07, 6.45) is 0. The normalized spacial score (nSPS) is 12.8. The van der Waals surface area contributed by atoms with Crippen molar-refractivity contribution < 1.29 is 29.0 Å². The third-order valence-electron chi connectivity index (χ3n) is 3.47. The Morgan fingerprint density at radius 3 is 2.88 bits per heavy atom. The average Bonchev–Trinajstić information content (AvgIpc) is 2.59. The summed E-state index contributed by atoms with van der Waals surface area (Å²) in [6.45, 7) is -0.0279. The third kappa shape index (κ3) is 3.13. The number of nitrogens with zero attached hydrogens (tertiary/aromatic N) is 1. The second kappa shape index (κ2) is 6.55. The predicted molar refractivity (Wildman–Crippen MR) is 80.6 cm³/mol. The van der Waals surface area contributed by atoms with Crippen LogP contribution in [0.2, 0.25) is 0 Å². The zero-order valence-corrected chi connectivity index (χ0v) is 12.4. The molecule has 124 valence electrons. The zero-order chi connectivity index (χ0) is 17.1. The summed E-state index contributed by atoms with van der Waals surface area (Å²) in [6, 6.07) is 8.62. The van der Waals surface area contributed by atoms with E-state index < -0.39 is 10.9 Å². The lowest BCUT2D eigenvalue weighted by molar-refractivity contribution is -0.385. The van der Waals surface area contributed by atoms with Crippen molar-refractivity contribution in [2.75, 3.05) is 6.79 Å². The molecule has 1 heterocycles. The molecule has 24 heavy (non-hydrogen) atoms. The lowest BCUT2D eigenvalue weighted by atomic mass is 10.1. The van der Waals surface area contributed by atoms with Crippen molar-refractivity contribution in [1.82, 2.24) is 0 Å². The van der Waals surface area contributed by atoms with Gasteiger partial charge in [-0.15, -0.1) is 0 Å². The number of hydrogen-bond acceptors (Lipinski definition) is 7. The fourth-order valence-corrected chi connectivity index (χ4v) is 2.36. The number of carbonyl (C=O) groups is 1. The van der Waals surface area contributed by atoms with E-state index in [1.165, 1.54) is 24.3 Å². The molecule has 1 aliphatic rings. The van der Waals surface area contributed by atoms with E-state index in [1.54, 1.807) is 12.1 Å². The van der Waals surface area contributed by atoms with Gasteiger partial charge in [0.1, 0.15) is 23.7 Å². The standard InChI is InChI=1S/C16H13NO7/c18-14-4-2-1-3-13(14)16(19)23-8-11-6-12(17(20)21)5-10-7-22-9-24-15(10)11/h1-6,18H,7-9H2. The number of aromatic hydroxyl groups is 1. The minimum atomic E-state index is -0.736. The summed E-state index contributed by atoms with van der Waals surface area (Å²) in [5.74, 6) is -0.523. The maximum atomic E-state index is 12.0. The van der Waals surface area contributed by atoms with E-state index in [9.17, 15) is 20.0 Å². The van der Waals surface area contributed by atoms with E-state index in [-0.39, 0.29) is 37.0 Å². The number of non-ortho nitro benzene ring substituents is 1. The number of nitro benzene ring substituents is 1. The van der Waals surface area contributed by atoms with Crippen molar-refractivity contribution in [3.8, 4) is 11.5 Å². The number of carbonyl (C=O) groups excluding carboxylic acids is 1. The molecule has 2 aromatic carbocycles. The summed E-state index contributed by atoms with van der Waals surface area (Å²) >= 11 is 0. The lowest BCUT2D eigenvalue weighted by Gasteiger charge is -2.20. The lowest BCUT2D eigenvalue weighted by Crippen LogP contribution is -2.15. The highest BCUT2D eigenvalue weighted by Crippen LogP contribution is 2.33. The van der Waals surface area contributed by atoms with Crippen LogP contribution in [0.5, 0.6) is 11.5 Å². The summed E-state index contributed by atoms with van der Waals surface area (Å²) in [7, 11) is 0. The van der Waals surface area contributed by atoms with E-state index in [4.69, 9.17) is 14.2 Å². The van der Waals surface area contributed by atoms with Crippen LogP contribution in [0.3, 0.4) is 0 Å². The first-order valence-corrected chi connectivity index (χ1v) is 7.02. The molecule has 0 atom stereocenters. The van der Waals surface area contributed by atoms with Gasteiger partial charge in [0.2, 0.25) is 0 Å². The molecule has 0 bridgehead atoms. The van der Waals surface area contributed by atoms with E-state index in [1.807, 2.05) is 0 Å². The predicted octanol–water partition coefficient (Wildman–Crippen LogP) is 2.52. The maximum Gasteiger partial charge on any atom is 0.342 e. The summed E-state index contributed by atoms with van der Waals surface area (Å²) in [5.41, 5.74) is 0.757. The molecule has 0 saturated carbocycles. The van der Waals surface area contributed by atoms with Gasteiger partial charge in [0.15, 0.2) is 6.79 Å². The van der Waals surface area contributed by atoms with Gasteiger partial charge in [-0.2, -0.15) is 0 Å².